The molecular weight excluding hydrogens is 236 g/mol. The lowest BCUT2D eigenvalue weighted by Crippen LogP contribution is -2.15. The van der Waals surface area contributed by atoms with E-state index >= 15 is 0 Å². The lowest BCUT2D eigenvalue weighted by atomic mass is 10.0. The van der Waals surface area contributed by atoms with E-state index in [0.29, 0.717) is 18.9 Å². The Kier molecular flexibility index (Phi) is 4.38. The van der Waals surface area contributed by atoms with Gasteiger partial charge < -0.3 is 5.11 Å². The average molecular weight is 258 g/mol. The van der Waals surface area contributed by atoms with E-state index in [-0.39, 0.29) is 6.10 Å². The summed E-state index contributed by atoms with van der Waals surface area (Å²) in [5.41, 5.74) is 3.39. The maximum Gasteiger partial charge on any atom is 0.0650 e. The molecule has 1 atom stereocenters. The van der Waals surface area contributed by atoms with Crippen molar-refractivity contribution < 1.29 is 5.11 Å². The molecule has 0 amide bonds. The van der Waals surface area contributed by atoms with Crippen molar-refractivity contribution in [2.45, 2.75) is 45.8 Å². The zero-order valence-electron chi connectivity index (χ0n) is 11.9. The summed E-state index contributed by atoms with van der Waals surface area (Å²) in [4.78, 5) is 0. The molecule has 1 unspecified atom stereocenters. The molecule has 0 aliphatic rings. The second-order valence-corrected chi connectivity index (χ2v) is 5.37. The summed E-state index contributed by atoms with van der Waals surface area (Å²) in [6, 6.07) is 10.5. The molecule has 3 heteroatoms. The monoisotopic (exact) mass is 258 g/mol. The fourth-order valence-corrected chi connectivity index (χ4v) is 2.18. The number of aliphatic hydroxyl groups is 1. The smallest absolute Gasteiger partial charge is 0.0650 e. The van der Waals surface area contributed by atoms with Crippen LogP contribution < -0.4 is 0 Å². The molecule has 0 saturated carbocycles. The van der Waals surface area contributed by atoms with Gasteiger partial charge in [-0.05, 0) is 44.4 Å². The summed E-state index contributed by atoms with van der Waals surface area (Å²) in [6.45, 7) is 6.27. The van der Waals surface area contributed by atoms with Crippen molar-refractivity contribution in [1.29, 1.82) is 0 Å². The van der Waals surface area contributed by atoms with Crippen molar-refractivity contribution in [2.24, 2.45) is 0 Å². The predicted octanol–water partition coefficient (Wildman–Crippen LogP) is 2.92. The Morgan fingerprint density at radius 2 is 1.89 bits per heavy atom. The van der Waals surface area contributed by atoms with Gasteiger partial charge in [0.1, 0.15) is 0 Å². The van der Waals surface area contributed by atoms with Gasteiger partial charge in [-0.25, -0.2) is 0 Å². The summed E-state index contributed by atoms with van der Waals surface area (Å²) < 4.78 is 1.93. The second kappa shape index (κ2) is 6.02. The highest BCUT2D eigenvalue weighted by atomic mass is 16.3. The molecule has 0 radical (unpaired) electrons. The molecule has 2 aromatic rings. The minimum absolute atomic E-state index is 0.363. The van der Waals surface area contributed by atoms with Gasteiger partial charge >= 0.3 is 0 Å². The standard InChI is InChI=1S/C16H22N2O/c1-12(2)18-9-8-15(17-18)11-16(19)10-14-7-5-4-6-13(14)3/h4-9,12,16,19H,10-11H2,1-3H3. The molecule has 1 heterocycles. The normalized spacial score (nSPS) is 12.9. The van der Waals surface area contributed by atoms with Crippen LogP contribution in [-0.4, -0.2) is 21.0 Å². The fraction of sp³-hybridized carbons (Fsp3) is 0.438. The number of aromatic nitrogens is 2. The maximum atomic E-state index is 10.2. The van der Waals surface area contributed by atoms with E-state index in [1.807, 2.05) is 29.1 Å². The predicted molar refractivity (Wildman–Crippen MR) is 77.2 cm³/mol. The van der Waals surface area contributed by atoms with Crippen LogP contribution >= 0.6 is 0 Å². The van der Waals surface area contributed by atoms with E-state index in [1.54, 1.807) is 0 Å². The number of hydrogen-bond donors (Lipinski definition) is 1. The van der Waals surface area contributed by atoms with Crippen LogP contribution in [0, 0.1) is 6.92 Å². The van der Waals surface area contributed by atoms with Crippen LogP contribution in [0.1, 0.15) is 36.7 Å². The Bertz CT molecular complexity index is 531. The van der Waals surface area contributed by atoms with Crippen molar-refractivity contribution in [1.82, 2.24) is 9.78 Å². The van der Waals surface area contributed by atoms with Gasteiger partial charge in [0.2, 0.25) is 0 Å². The van der Waals surface area contributed by atoms with Crippen LogP contribution in [0.5, 0.6) is 0 Å². The lowest BCUT2D eigenvalue weighted by molar-refractivity contribution is 0.173. The van der Waals surface area contributed by atoms with Gasteiger partial charge in [-0.1, -0.05) is 24.3 Å². The Morgan fingerprint density at radius 1 is 1.16 bits per heavy atom. The van der Waals surface area contributed by atoms with E-state index in [0.717, 1.165) is 5.69 Å². The van der Waals surface area contributed by atoms with Crippen LogP contribution in [0.25, 0.3) is 0 Å². The molecule has 19 heavy (non-hydrogen) atoms. The number of rotatable bonds is 5. The van der Waals surface area contributed by atoms with Gasteiger partial charge in [-0.15, -0.1) is 0 Å². The van der Waals surface area contributed by atoms with E-state index in [9.17, 15) is 5.11 Å². The molecule has 2 rings (SSSR count). The minimum Gasteiger partial charge on any atom is -0.392 e. The Hall–Kier alpha value is -1.61. The molecule has 1 N–H and O–H groups in total. The number of benzene rings is 1. The summed E-state index contributed by atoms with van der Waals surface area (Å²) in [5.74, 6) is 0. The van der Waals surface area contributed by atoms with Gasteiger partial charge in [0.15, 0.2) is 0 Å². The highest BCUT2D eigenvalue weighted by Crippen LogP contribution is 2.13. The summed E-state index contributed by atoms with van der Waals surface area (Å²) in [6.07, 6.45) is 2.88. The number of nitrogens with zero attached hydrogens (tertiary/aromatic N) is 2. The zero-order valence-corrected chi connectivity index (χ0v) is 11.9. The van der Waals surface area contributed by atoms with Crippen LogP contribution in [0.3, 0.4) is 0 Å². The SMILES string of the molecule is Cc1ccccc1CC(O)Cc1ccn(C(C)C)n1. The molecule has 1 aromatic heterocycles. The Balaban J connectivity index is 1.97. The molecule has 102 valence electrons. The van der Waals surface area contributed by atoms with E-state index in [2.05, 4.69) is 38.0 Å². The first-order chi connectivity index (χ1) is 9.06. The summed E-state index contributed by atoms with van der Waals surface area (Å²) in [5, 5.41) is 14.6. The molecule has 3 nitrogen and oxygen atoms in total. The molecular formula is C16H22N2O. The number of aliphatic hydroxyl groups excluding tert-OH is 1. The average Bonchev–Trinajstić information content (AvgIpc) is 2.80. The molecule has 1 aromatic carbocycles. The van der Waals surface area contributed by atoms with Gasteiger partial charge in [0.25, 0.3) is 0 Å². The van der Waals surface area contributed by atoms with Gasteiger partial charge in [-0.2, -0.15) is 5.10 Å². The molecule has 0 aliphatic carbocycles. The lowest BCUT2D eigenvalue weighted by Gasteiger charge is -2.11. The highest BCUT2D eigenvalue weighted by Gasteiger charge is 2.11. The van der Waals surface area contributed by atoms with Crippen LogP contribution in [0.2, 0.25) is 0 Å². The van der Waals surface area contributed by atoms with E-state index in [4.69, 9.17) is 0 Å². The first kappa shape index (κ1) is 13.8. The number of hydrogen-bond acceptors (Lipinski definition) is 2. The topological polar surface area (TPSA) is 38.0 Å². The molecule has 0 fully saturated rings. The zero-order chi connectivity index (χ0) is 13.8. The molecule has 0 bridgehead atoms. The van der Waals surface area contributed by atoms with Crippen molar-refractivity contribution in [3.8, 4) is 0 Å². The van der Waals surface area contributed by atoms with Crippen LogP contribution in [0.15, 0.2) is 36.5 Å². The summed E-state index contributed by atoms with van der Waals surface area (Å²) in [7, 11) is 0. The fourth-order valence-electron chi connectivity index (χ4n) is 2.18. The first-order valence-corrected chi connectivity index (χ1v) is 6.83. The highest BCUT2D eigenvalue weighted by molar-refractivity contribution is 5.26. The van der Waals surface area contributed by atoms with Crippen molar-refractivity contribution in [3.05, 3.63) is 53.3 Å². The third-order valence-electron chi connectivity index (χ3n) is 3.35. The quantitative estimate of drug-likeness (QED) is 0.895. The Morgan fingerprint density at radius 3 is 2.53 bits per heavy atom. The van der Waals surface area contributed by atoms with Gasteiger partial charge in [0, 0.05) is 18.7 Å². The first-order valence-electron chi connectivity index (χ1n) is 6.83. The van der Waals surface area contributed by atoms with Crippen molar-refractivity contribution in [3.63, 3.8) is 0 Å². The third-order valence-corrected chi connectivity index (χ3v) is 3.35. The van der Waals surface area contributed by atoms with E-state index in [1.165, 1.54) is 11.1 Å². The van der Waals surface area contributed by atoms with Crippen molar-refractivity contribution >= 4 is 0 Å². The Labute approximate surface area is 114 Å². The van der Waals surface area contributed by atoms with Crippen LogP contribution in [0.4, 0.5) is 0 Å². The van der Waals surface area contributed by atoms with Crippen LogP contribution in [-0.2, 0) is 12.8 Å². The van der Waals surface area contributed by atoms with Crippen molar-refractivity contribution in [2.75, 3.05) is 0 Å². The van der Waals surface area contributed by atoms with E-state index < -0.39 is 0 Å². The van der Waals surface area contributed by atoms with Gasteiger partial charge in [-0.3, -0.25) is 4.68 Å². The third kappa shape index (κ3) is 3.67. The maximum absolute atomic E-state index is 10.2. The summed E-state index contributed by atoms with van der Waals surface area (Å²) >= 11 is 0. The minimum atomic E-state index is -0.378. The molecule has 0 spiro atoms. The molecule has 0 saturated heterocycles. The largest absolute Gasteiger partial charge is 0.392 e. The molecule has 0 aliphatic heterocycles. The number of aryl methyl sites for hydroxylation is 1. The van der Waals surface area contributed by atoms with Gasteiger partial charge in [0.05, 0.1) is 11.8 Å². The second-order valence-electron chi connectivity index (χ2n) is 5.37.